The Morgan fingerprint density at radius 2 is 2.18 bits per heavy atom. The summed E-state index contributed by atoms with van der Waals surface area (Å²) >= 11 is 0. The molecule has 2 N–H and O–H groups in total. The van der Waals surface area contributed by atoms with E-state index in [0.29, 0.717) is 19.5 Å². The highest BCUT2D eigenvalue weighted by molar-refractivity contribution is 5.74. The van der Waals surface area contributed by atoms with Gasteiger partial charge in [-0.3, -0.25) is 9.69 Å². The van der Waals surface area contributed by atoms with Gasteiger partial charge in [-0.1, -0.05) is 18.2 Å². The predicted molar refractivity (Wildman–Crippen MR) is 63.7 cm³/mol. The van der Waals surface area contributed by atoms with Crippen LogP contribution in [0.25, 0.3) is 0 Å². The normalized spacial score (nSPS) is 25.0. The van der Waals surface area contributed by atoms with E-state index in [2.05, 4.69) is 4.90 Å². The second-order valence-electron chi connectivity index (χ2n) is 4.96. The summed E-state index contributed by atoms with van der Waals surface area (Å²) in [5.41, 5.74) is 0.201. The maximum Gasteiger partial charge on any atom is 0.310 e. The van der Waals surface area contributed by atoms with E-state index in [9.17, 15) is 9.90 Å². The zero-order valence-corrected chi connectivity index (χ0v) is 9.89. The summed E-state index contributed by atoms with van der Waals surface area (Å²) in [6.45, 7) is 3.68. The van der Waals surface area contributed by atoms with Crippen molar-refractivity contribution in [2.45, 2.75) is 19.9 Å². The quantitative estimate of drug-likeness (QED) is 0.837. The predicted octanol–water partition coefficient (Wildman–Crippen LogP) is 1.69. The highest BCUT2D eigenvalue weighted by atomic mass is 16.4. The zero-order valence-electron chi connectivity index (χ0n) is 9.89. The van der Waals surface area contributed by atoms with Crippen LogP contribution in [0.3, 0.4) is 0 Å². The van der Waals surface area contributed by atoms with Crippen LogP contribution in [-0.2, 0) is 11.3 Å². The van der Waals surface area contributed by atoms with E-state index in [0.717, 1.165) is 12.1 Å². The lowest BCUT2D eigenvalue weighted by Crippen LogP contribution is -2.31. The van der Waals surface area contributed by atoms with Crippen molar-refractivity contribution in [2.75, 3.05) is 13.1 Å². The van der Waals surface area contributed by atoms with Gasteiger partial charge in [-0.05, 0) is 26.0 Å². The average molecular weight is 235 g/mol. The first-order valence-electron chi connectivity index (χ1n) is 5.74. The molecule has 1 fully saturated rings. The number of nitrogens with zero attached hydrogens (tertiary/aromatic N) is 1. The molecule has 1 saturated heterocycles. The van der Waals surface area contributed by atoms with Crippen molar-refractivity contribution < 1.29 is 15.0 Å². The van der Waals surface area contributed by atoms with Crippen LogP contribution < -0.4 is 0 Å². The SMILES string of the molecule is CC1(C(=O)O)CCN(Cc2ccccc2O)C1. The Morgan fingerprint density at radius 1 is 1.47 bits per heavy atom. The van der Waals surface area contributed by atoms with E-state index >= 15 is 0 Å². The topological polar surface area (TPSA) is 60.8 Å². The molecule has 1 aromatic rings. The first kappa shape index (κ1) is 11.9. The molecule has 92 valence electrons. The number of carboxylic acid groups (broad SMARTS) is 1. The first-order valence-corrected chi connectivity index (χ1v) is 5.74. The second-order valence-corrected chi connectivity index (χ2v) is 4.96. The van der Waals surface area contributed by atoms with Crippen LogP contribution in [0.1, 0.15) is 18.9 Å². The van der Waals surface area contributed by atoms with Crippen molar-refractivity contribution in [3.05, 3.63) is 29.8 Å². The number of carboxylic acids is 1. The Morgan fingerprint density at radius 3 is 2.76 bits per heavy atom. The van der Waals surface area contributed by atoms with Crippen LogP contribution in [0, 0.1) is 5.41 Å². The Balaban J connectivity index is 2.04. The molecule has 1 aliphatic heterocycles. The van der Waals surface area contributed by atoms with Crippen molar-refractivity contribution in [3.63, 3.8) is 0 Å². The Hall–Kier alpha value is -1.55. The Labute approximate surface area is 100 Å². The van der Waals surface area contributed by atoms with E-state index in [-0.39, 0.29) is 5.75 Å². The summed E-state index contributed by atoms with van der Waals surface area (Å²) in [6.07, 6.45) is 0.663. The third-order valence-electron chi connectivity index (χ3n) is 3.45. The van der Waals surface area contributed by atoms with E-state index < -0.39 is 11.4 Å². The molecule has 0 saturated carbocycles. The Kier molecular flexibility index (Phi) is 3.07. The molecule has 2 rings (SSSR count). The monoisotopic (exact) mass is 235 g/mol. The van der Waals surface area contributed by atoms with Crippen molar-refractivity contribution >= 4 is 5.97 Å². The number of aromatic hydroxyl groups is 1. The fourth-order valence-corrected chi connectivity index (χ4v) is 2.25. The van der Waals surface area contributed by atoms with Crippen LogP contribution in [0.5, 0.6) is 5.75 Å². The molecule has 1 aliphatic rings. The summed E-state index contributed by atoms with van der Waals surface area (Å²) < 4.78 is 0. The molecule has 0 aliphatic carbocycles. The highest BCUT2D eigenvalue weighted by Crippen LogP contribution is 2.31. The minimum absolute atomic E-state index is 0.274. The fraction of sp³-hybridized carbons (Fsp3) is 0.462. The molecular formula is C13H17NO3. The van der Waals surface area contributed by atoms with E-state index in [4.69, 9.17) is 5.11 Å². The standard InChI is InChI=1S/C13H17NO3/c1-13(12(16)17)6-7-14(9-13)8-10-4-2-3-5-11(10)15/h2-5,15H,6-9H2,1H3,(H,16,17). The number of para-hydroxylation sites is 1. The number of phenolic OH excluding ortho intramolecular Hbond substituents is 1. The van der Waals surface area contributed by atoms with Gasteiger partial charge in [-0.2, -0.15) is 0 Å². The third kappa shape index (κ3) is 2.42. The minimum atomic E-state index is -0.739. The van der Waals surface area contributed by atoms with Gasteiger partial charge in [0, 0.05) is 18.7 Å². The second kappa shape index (κ2) is 4.37. The van der Waals surface area contributed by atoms with Crippen molar-refractivity contribution in [2.24, 2.45) is 5.41 Å². The van der Waals surface area contributed by atoms with Crippen molar-refractivity contribution in [1.82, 2.24) is 4.90 Å². The number of hydrogen-bond donors (Lipinski definition) is 2. The maximum atomic E-state index is 11.1. The van der Waals surface area contributed by atoms with Gasteiger partial charge in [0.05, 0.1) is 5.41 Å². The molecule has 0 radical (unpaired) electrons. The van der Waals surface area contributed by atoms with Crippen LogP contribution in [-0.4, -0.2) is 34.2 Å². The Bertz CT molecular complexity index is 432. The number of benzene rings is 1. The number of carbonyl (C=O) groups is 1. The van der Waals surface area contributed by atoms with Gasteiger partial charge in [0.2, 0.25) is 0 Å². The highest BCUT2D eigenvalue weighted by Gasteiger charge is 2.40. The first-order chi connectivity index (χ1) is 8.01. The van der Waals surface area contributed by atoms with Gasteiger partial charge in [0.1, 0.15) is 5.75 Å². The summed E-state index contributed by atoms with van der Waals surface area (Å²) in [4.78, 5) is 13.2. The van der Waals surface area contributed by atoms with Crippen LogP contribution in [0.2, 0.25) is 0 Å². The third-order valence-corrected chi connectivity index (χ3v) is 3.45. The van der Waals surface area contributed by atoms with Gasteiger partial charge >= 0.3 is 5.97 Å². The fourth-order valence-electron chi connectivity index (χ4n) is 2.25. The molecule has 4 nitrogen and oxygen atoms in total. The lowest BCUT2D eigenvalue weighted by Gasteiger charge is -2.20. The van der Waals surface area contributed by atoms with Gasteiger partial charge in [0.25, 0.3) is 0 Å². The maximum absolute atomic E-state index is 11.1. The summed E-state index contributed by atoms with van der Waals surface area (Å²) in [6, 6.07) is 7.18. The molecular weight excluding hydrogens is 218 g/mol. The van der Waals surface area contributed by atoms with Crippen LogP contribution in [0.15, 0.2) is 24.3 Å². The molecule has 1 atom stereocenters. The number of hydrogen-bond acceptors (Lipinski definition) is 3. The van der Waals surface area contributed by atoms with E-state index in [1.54, 1.807) is 19.1 Å². The number of phenols is 1. The lowest BCUT2D eigenvalue weighted by molar-refractivity contribution is -0.147. The molecule has 1 unspecified atom stereocenters. The smallest absolute Gasteiger partial charge is 0.310 e. The number of aliphatic carboxylic acids is 1. The summed E-state index contributed by atoms with van der Waals surface area (Å²) in [7, 11) is 0. The van der Waals surface area contributed by atoms with Gasteiger partial charge in [-0.25, -0.2) is 0 Å². The van der Waals surface area contributed by atoms with Crippen LogP contribution in [0.4, 0.5) is 0 Å². The molecule has 0 aromatic heterocycles. The summed E-state index contributed by atoms with van der Waals surface area (Å²) in [5.74, 6) is -0.464. The molecule has 1 heterocycles. The molecule has 0 spiro atoms. The van der Waals surface area contributed by atoms with Crippen LogP contribution >= 0.6 is 0 Å². The van der Waals surface area contributed by atoms with E-state index in [1.165, 1.54) is 0 Å². The molecule has 1 aromatic carbocycles. The largest absolute Gasteiger partial charge is 0.508 e. The summed E-state index contributed by atoms with van der Waals surface area (Å²) in [5, 5.41) is 18.8. The van der Waals surface area contributed by atoms with Gasteiger partial charge in [-0.15, -0.1) is 0 Å². The lowest BCUT2D eigenvalue weighted by atomic mass is 9.90. The molecule has 17 heavy (non-hydrogen) atoms. The molecule has 0 bridgehead atoms. The number of rotatable bonds is 3. The minimum Gasteiger partial charge on any atom is -0.508 e. The van der Waals surface area contributed by atoms with Crippen molar-refractivity contribution in [3.8, 4) is 5.75 Å². The van der Waals surface area contributed by atoms with Crippen molar-refractivity contribution in [1.29, 1.82) is 0 Å². The van der Waals surface area contributed by atoms with Gasteiger partial charge < -0.3 is 10.2 Å². The molecule has 0 amide bonds. The molecule has 4 heteroatoms. The average Bonchev–Trinajstić information content (AvgIpc) is 2.65. The number of likely N-dealkylation sites (tertiary alicyclic amines) is 1. The van der Waals surface area contributed by atoms with E-state index in [1.807, 2.05) is 12.1 Å². The zero-order chi connectivity index (χ0) is 12.5. The van der Waals surface area contributed by atoms with Gasteiger partial charge in [0.15, 0.2) is 0 Å².